The van der Waals surface area contributed by atoms with Gasteiger partial charge in [-0.25, -0.2) is 0 Å². The highest BCUT2D eigenvalue weighted by Crippen LogP contribution is 2.38. The highest BCUT2D eigenvalue weighted by molar-refractivity contribution is 6.30. The zero-order valence-electron chi connectivity index (χ0n) is 19.2. The fourth-order valence-corrected chi connectivity index (χ4v) is 5.13. The molecule has 1 amide bonds. The van der Waals surface area contributed by atoms with E-state index in [1.54, 1.807) is 0 Å². The van der Waals surface area contributed by atoms with E-state index in [9.17, 15) is 4.79 Å². The molecule has 3 aromatic rings. The predicted molar refractivity (Wildman–Crippen MR) is 130 cm³/mol. The molecule has 2 aliphatic rings. The molecule has 3 heterocycles. The van der Waals surface area contributed by atoms with E-state index in [4.69, 9.17) is 21.1 Å². The van der Waals surface area contributed by atoms with Crippen molar-refractivity contribution >= 4 is 17.5 Å². The summed E-state index contributed by atoms with van der Waals surface area (Å²) in [5.41, 5.74) is 5.17. The minimum atomic E-state index is -0.123. The number of amides is 1. The highest BCUT2D eigenvalue weighted by atomic mass is 35.5. The van der Waals surface area contributed by atoms with Gasteiger partial charge >= 0.3 is 0 Å². The quantitative estimate of drug-likeness (QED) is 0.505. The summed E-state index contributed by atoms with van der Waals surface area (Å²) in [5.74, 6) is 1.18. The van der Waals surface area contributed by atoms with Crippen LogP contribution in [0.1, 0.15) is 58.7 Å². The average molecular weight is 467 g/mol. The maximum absolute atomic E-state index is 12.9. The van der Waals surface area contributed by atoms with Gasteiger partial charge in [-0.05, 0) is 75.5 Å². The number of hydrogen-bond donors (Lipinski definition) is 1. The van der Waals surface area contributed by atoms with Crippen LogP contribution < -0.4 is 5.32 Å². The van der Waals surface area contributed by atoms with Gasteiger partial charge in [0.15, 0.2) is 5.76 Å². The molecule has 174 valence electrons. The summed E-state index contributed by atoms with van der Waals surface area (Å²) >= 11 is 6.01. The third kappa shape index (κ3) is 4.87. The maximum Gasteiger partial charge on any atom is 0.287 e. The number of carbonyl (C=O) groups excluding carboxylic acids is 1. The number of aromatic nitrogens is 2. The molecule has 0 bridgehead atoms. The van der Waals surface area contributed by atoms with Crippen molar-refractivity contribution in [2.75, 3.05) is 26.2 Å². The first-order valence-corrected chi connectivity index (χ1v) is 12.4. The molecule has 0 saturated carbocycles. The third-order valence-corrected chi connectivity index (χ3v) is 7.02. The van der Waals surface area contributed by atoms with Gasteiger partial charge < -0.3 is 14.6 Å². The van der Waals surface area contributed by atoms with Gasteiger partial charge in [0.2, 0.25) is 0 Å². The van der Waals surface area contributed by atoms with Crippen LogP contribution in [-0.4, -0.2) is 46.8 Å². The van der Waals surface area contributed by atoms with Crippen LogP contribution in [0.25, 0.3) is 11.3 Å². The largest absolute Gasteiger partial charge is 0.455 e. The number of fused-ring (bicyclic) bond motifs is 3. The van der Waals surface area contributed by atoms with Crippen molar-refractivity contribution in [2.24, 2.45) is 0 Å². The standard InChI is InChI=1S/C26H31ClN4O2/c1-18-23-22(33-25(18)26(32)28-12-5-15-30-13-3-2-4-14-30)11-8-20-17-31(29-24(20)23)16-19-6-9-21(27)10-7-19/h6-7,9-10,17H,2-5,8,11-16H2,1H3,(H,28,32). The fraction of sp³-hybridized carbons (Fsp3) is 0.462. The first kappa shape index (κ1) is 22.2. The number of hydrogen-bond acceptors (Lipinski definition) is 4. The molecule has 0 radical (unpaired) electrons. The summed E-state index contributed by atoms with van der Waals surface area (Å²) in [6, 6.07) is 7.84. The molecule has 1 aliphatic heterocycles. The molecule has 0 unspecified atom stereocenters. The second-order valence-electron chi connectivity index (χ2n) is 9.19. The lowest BCUT2D eigenvalue weighted by Crippen LogP contribution is -2.33. The SMILES string of the molecule is Cc1c(C(=O)NCCCN2CCCCC2)oc2c1-c1nn(Cc3ccc(Cl)cc3)cc1CC2. The molecule has 1 fully saturated rings. The number of benzene rings is 1. The van der Waals surface area contributed by atoms with Gasteiger partial charge in [0.05, 0.1) is 12.2 Å². The van der Waals surface area contributed by atoms with E-state index in [2.05, 4.69) is 16.4 Å². The zero-order valence-corrected chi connectivity index (χ0v) is 20.0. The molecule has 0 atom stereocenters. The normalized spacial score (nSPS) is 15.8. The van der Waals surface area contributed by atoms with E-state index in [0.29, 0.717) is 18.8 Å². The van der Waals surface area contributed by atoms with E-state index in [0.717, 1.165) is 59.0 Å². The minimum absolute atomic E-state index is 0.123. The van der Waals surface area contributed by atoms with Crippen molar-refractivity contribution in [1.82, 2.24) is 20.0 Å². The second kappa shape index (κ2) is 9.74. The van der Waals surface area contributed by atoms with Crippen LogP contribution in [0.5, 0.6) is 0 Å². The molecular weight excluding hydrogens is 436 g/mol. The van der Waals surface area contributed by atoms with E-state index < -0.39 is 0 Å². The van der Waals surface area contributed by atoms with Gasteiger partial charge in [0.1, 0.15) is 5.76 Å². The number of aryl methyl sites for hydroxylation is 2. The van der Waals surface area contributed by atoms with Crippen molar-refractivity contribution in [1.29, 1.82) is 0 Å². The summed E-state index contributed by atoms with van der Waals surface area (Å²) in [7, 11) is 0. The molecule has 1 aliphatic carbocycles. The summed E-state index contributed by atoms with van der Waals surface area (Å²) in [5, 5.41) is 8.65. The third-order valence-electron chi connectivity index (χ3n) is 6.76. The smallest absolute Gasteiger partial charge is 0.287 e. The van der Waals surface area contributed by atoms with Crippen molar-refractivity contribution in [3.63, 3.8) is 0 Å². The Balaban J connectivity index is 1.26. The fourth-order valence-electron chi connectivity index (χ4n) is 5.01. The highest BCUT2D eigenvalue weighted by Gasteiger charge is 2.29. The van der Waals surface area contributed by atoms with Crippen molar-refractivity contribution < 1.29 is 9.21 Å². The van der Waals surface area contributed by atoms with Gasteiger partial charge in [0, 0.05) is 35.3 Å². The molecule has 33 heavy (non-hydrogen) atoms. The van der Waals surface area contributed by atoms with Crippen LogP contribution in [0.3, 0.4) is 0 Å². The number of rotatable bonds is 7. The molecular formula is C26H31ClN4O2. The van der Waals surface area contributed by atoms with Crippen LogP contribution in [0.2, 0.25) is 5.02 Å². The minimum Gasteiger partial charge on any atom is -0.455 e. The van der Waals surface area contributed by atoms with Crippen LogP contribution in [0.4, 0.5) is 0 Å². The Morgan fingerprint density at radius 3 is 2.73 bits per heavy atom. The van der Waals surface area contributed by atoms with Gasteiger partial charge in [-0.2, -0.15) is 5.10 Å². The van der Waals surface area contributed by atoms with Gasteiger partial charge in [-0.15, -0.1) is 0 Å². The lowest BCUT2D eigenvalue weighted by Gasteiger charge is -2.26. The maximum atomic E-state index is 12.9. The summed E-state index contributed by atoms with van der Waals surface area (Å²) in [4.78, 5) is 15.4. The monoisotopic (exact) mass is 466 g/mol. The average Bonchev–Trinajstić information content (AvgIpc) is 3.39. The molecule has 1 saturated heterocycles. The van der Waals surface area contributed by atoms with Crippen LogP contribution in [0.15, 0.2) is 34.9 Å². The Labute approximate surface area is 199 Å². The van der Waals surface area contributed by atoms with E-state index in [-0.39, 0.29) is 5.91 Å². The molecule has 1 N–H and O–H groups in total. The van der Waals surface area contributed by atoms with Gasteiger partial charge in [0.25, 0.3) is 5.91 Å². The Hall–Kier alpha value is -2.57. The molecule has 1 aromatic carbocycles. The first-order chi connectivity index (χ1) is 16.1. The number of piperidine rings is 1. The zero-order chi connectivity index (χ0) is 22.8. The second-order valence-corrected chi connectivity index (χ2v) is 9.63. The Bertz CT molecular complexity index is 1130. The number of furan rings is 1. The van der Waals surface area contributed by atoms with Crippen LogP contribution >= 0.6 is 11.6 Å². The summed E-state index contributed by atoms with van der Waals surface area (Å²) in [6.45, 7) is 6.73. The number of halogens is 1. The topological polar surface area (TPSA) is 63.3 Å². The van der Waals surface area contributed by atoms with Crippen LogP contribution in [-0.2, 0) is 19.4 Å². The molecule has 6 nitrogen and oxygen atoms in total. The van der Waals surface area contributed by atoms with E-state index in [1.165, 1.54) is 37.9 Å². The Morgan fingerprint density at radius 2 is 1.94 bits per heavy atom. The van der Waals surface area contributed by atoms with Crippen molar-refractivity contribution in [2.45, 2.75) is 52.0 Å². The first-order valence-electron chi connectivity index (χ1n) is 12.0. The Kier molecular flexibility index (Phi) is 6.56. The summed E-state index contributed by atoms with van der Waals surface area (Å²) in [6.07, 6.45) is 8.66. The van der Waals surface area contributed by atoms with Gasteiger partial charge in [-0.1, -0.05) is 30.2 Å². The number of likely N-dealkylation sites (tertiary alicyclic amines) is 1. The lowest BCUT2D eigenvalue weighted by atomic mass is 9.93. The molecule has 2 aromatic heterocycles. The van der Waals surface area contributed by atoms with Crippen molar-refractivity contribution in [3.8, 4) is 11.3 Å². The van der Waals surface area contributed by atoms with E-state index in [1.807, 2.05) is 35.9 Å². The predicted octanol–water partition coefficient (Wildman–Crippen LogP) is 4.86. The summed E-state index contributed by atoms with van der Waals surface area (Å²) < 4.78 is 8.02. The molecule has 5 rings (SSSR count). The Morgan fingerprint density at radius 1 is 1.15 bits per heavy atom. The number of nitrogens with zero attached hydrogens (tertiary/aromatic N) is 3. The molecule has 0 spiro atoms. The van der Waals surface area contributed by atoms with Crippen LogP contribution in [0, 0.1) is 6.92 Å². The van der Waals surface area contributed by atoms with E-state index >= 15 is 0 Å². The van der Waals surface area contributed by atoms with Gasteiger partial charge in [-0.3, -0.25) is 9.48 Å². The lowest BCUT2D eigenvalue weighted by molar-refractivity contribution is 0.0920. The van der Waals surface area contributed by atoms with Crippen molar-refractivity contribution in [3.05, 3.63) is 63.7 Å². The molecule has 7 heteroatoms. The number of nitrogens with one attached hydrogen (secondary N) is 1. The number of carbonyl (C=O) groups is 1.